The van der Waals surface area contributed by atoms with Crippen molar-refractivity contribution in [1.82, 2.24) is 15.1 Å². The minimum Gasteiger partial charge on any atom is -0.312 e. The highest BCUT2D eigenvalue weighted by atomic mass is 15.3. The van der Waals surface area contributed by atoms with Gasteiger partial charge >= 0.3 is 0 Å². The van der Waals surface area contributed by atoms with Crippen LogP contribution in [0.15, 0.2) is 18.5 Å². The third kappa shape index (κ3) is 2.31. The van der Waals surface area contributed by atoms with Crippen molar-refractivity contribution in [2.75, 3.05) is 6.54 Å². The second kappa shape index (κ2) is 3.92. The quantitative estimate of drug-likeness (QED) is 0.754. The summed E-state index contributed by atoms with van der Waals surface area (Å²) in [6.07, 6.45) is 6.52. The lowest BCUT2D eigenvalue weighted by Crippen LogP contribution is -2.41. The highest BCUT2D eigenvalue weighted by molar-refractivity contribution is 4.82. The van der Waals surface area contributed by atoms with Crippen LogP contribution in [0.2, 0.25) is 0 Å². The predicted octanol–water partition coefficient (Wildman–Crippen LogP) is 1.27. The highest BCUT2D eigenvalue weighted by Crippen LogP contribution is 2.25. The molecule has 72 valence electrons. The molecular weight excluding hydrogens is 162 g/mol. The van der Waals surface area contributed by atoms with E-state index in [4.69, 9.17) is 0 Å². The van der Waals surface area contributed by atoms with Crippen molar-refractivity contribution in [3.63, 3.8) is 0 Å². The summed E-state index contributed by atoms with van der Waals surface area (Å²) in [6.45, 7) is 4.34. The molecule has 0 aromatic carbocycles. The summed E-state index contributed by atoms with van der Waals surface area (Å²) >= 11 is 0. The molecule has 3 nitrogen and oxygen atoms in total. The average molecular weight is 179 g/mol. The van der Waals surface area contributed by atoms with Gasteiger partial charge in [0.25, 0.3) is 0 Å². The minimum atomic E-state index is 0.769. The number of rotatable bonds is 4. The normalized spacial score (nSPS) is 27.2. The van der Waals surface area contributed by atoms with Crippen molar-refractivity contribution in [3.8, 4) is 0 Å². The van der Waals surface area contributed by atoms with Crippen molar-refractivity contribution in [2.24, 2.45) is 5.92 Å². The Bertz CT molecular complexity index is 237. The van der Waals surface area contributed by atoms with E-state index in [9.17, 15) is 0 Å². The van der Waals surface area contributed by atoms with Crippen LogP contribution in [-0.2, 0) is 6.54 Å². The van der Waals surface area contributed by atoms with E-state index < -0.39 is 0 Å². The molecule has 1 N–H and O–H groups in total. The van der Waals surface area contributed by atoms with Crippen molar-refractivity contribution in [2.45, 2.75) is 32.4 Å². The SMILES string of the molecule is CC1CC(NCCn2cccn2)C1. The lowest BCUT2D eigenvalue weighted by atomic mass is 9.82. The maximum Gasteiger partial charge on any atom is 0.0534 e. The van der Waals surface area contributed by atoms with Crippen LogP contribution in [0.1, 0.15) is 19.8 Å². The minimum absolute atomic E-state index is 0.769. The fourth-order valence-electron chi connectivity index (χ4n) is 1.88. The van der Waals surface area contributed by atoms with Crippen LogP contribution < -0.4 is 5.32 Å². The summed E-state index contributed by atoms with van der Waals surface area (Å²) in [5.41, 5.74) is 0. The average Bonchev–Trinajstić information content (AvgIpc) is 2.53. The zero-order valence-electron chi connectivity index (χ0n) is 8.11. The third-order valence-electron chi connectivity index (χ3n) is 2.71. The van der Waals surface area contributed by atoms with Crippen LogP contribution in [0.5, 0.6) is 0 Å². The number of hydrogen-bond acceptors (Lipinski definition) is 2. The summed E-state index contributed by atoms with van der Waals surface area (Å²) in [7, 11) is 0. The molecule has 0 atom stereocenters. The van der Waals surface area contributed by atoms with Gasteiger partial charge < -0.3 is 5.32 Å². The molecule has 0 spiro atoms. The summed E-state index contributed by atoms with van der Waals surface area (Å²) < 4.78 is 1.97. The third-order valence-corrected chi connectivity index (χ3v) is 2.71. The summed E-state index contributed by atoms with van der Waals surface area (Å²) in [5.74, 6) is 0.933. The van der Waals surface area contributed by atoms with Crippen LogP contribution in [0, 0.1) is 5.92 Å². The second-order valence-corrected chi connectivity index (χ2v) is 4.00. The van der Waals surface area contributed by atoms with Gasteiger partial charge in [-0.15, -0.1) is 0 Å². The van der Waals surface area contributed by atoms with Gasteiger partial charge in [-0.05, 0) is 24.8 Å². The Kier molecular flexibility index (Phi) is 2.64. The first-order valence-corrected chi connectivity index (χ1v) is 5.05. The molecule has 1 aromatic heterocycles. The van der Waals surface area contributed by atoms with Gasteiger partial charge in [0, 0.05) is 25.0 Å². The van der Waals surface area contributed by atoms with Crippen LogP contribution in [0.3, 0.4) is 0 Å². The molecule has 0 bridgehead atoms. The zero-order valence-corrected chi connectivity index (χ0v) is 8.11. The summed E-state index contributed by atoms with van der Waals surface area (Å²) in [4.78, 5) is 0. The zero-order chi connectivity index (χ0) is 9.10. The Morgan fingerprint density at radius 1 is 1.54 bits per heavy atom. The maximum absolute atomic E-state index is 4.15. The van der Waals surface area contributed by atoms with E-state index in [0.29, 0.717) is 0 Å². The first-order valence-electron chi connectivity index (χ1n) is 5.05. The van der Waals surface area contributed by atoms with E-state index in [1.165, 1.54) is 12.8 Å². The fraction of sp³-hybridized carbons (Fsp3) is 0.700. The second-order valence-electron chi connectivity index (χ2n) is 4.00. The molecule has 0 radical (unpaired) electrons. The molecule has 0 unspecified atom stereocenters. The smallest absolute Gasteiger partial charge is 0.0534 e. The molecular formula is C10H17N3. The molecule has 1 saturated carbocycles. The van der Waals surface area contributed by atoms with Crippen LogP contribution in [0.25, 0.3) is 0 Å². The topological polar surface area (TPSA) is 29.9 Å². The van der Waals surface area contributed by atoms with E-state index in [1.807, 2.05) is 23.1 Å². The molecule has 0 aliphatic heterocycles. The van der Waals surface area contributed by atoms with Crippen molar-refractivity contribution in [1.29, 1.82) is 0 Å². The Hall–Kier alpha value is -0.830. The van der Waals surface area contributed by atoms with Gasteiger partial charge in [0.15, 0.2) is 0 Å². The van der Waals surface area contributed by atoms with Gasteiger partial charge in [0.1, 0.15) is 0 Å². The molecule has 2 rings (SSSR count). The first-order chi connectivity index (χ1) is 6.34. The molecule has 1 aliphatic carbocycles. The van der Waals surface area contributed by atoms with E-state index >= 15 is 0 Å². The van der Waals surface area contributed by atoms with E-state index in [-0.39, 0.29) is 0 Å². The van der Waals surface area contributed by atoms with Crippen molar-refractivity contribution in [3.05, 3.63) is 18.5 Å². The fourth-order valence-corrected chi connectivity index (χ4v) is 1.88. The van der Waals surface area contributed by atoms with E-state index in [2.05, 4.69) is 17.3 Å². The van der Waals surface area contributed by atoms with Gasteiger partial charge in [-0.2, -0.15) is 5.10 Å². The summed E-state index contributed by atoms with van der Waals surface area (Å²) in [6, 6.07) is 2.73. The predicted molar refractivity (Wildman–Crippen MR) is 52.4 cm³/mol. The van der Waals surface area contributed by atoms with Gasteiger partial charge in [-0.1, -0.05) is 6.92 Å². The van der Waals surface area contributed by atoms with Gasteiger partial charge in [-0.3, -0.25) is 4.68 Å². The lowest BCUT2D eigenvalue weighted by molar-refractivity contribution is 0.239. The largest absolute Gasteiger partial charge is 0.312 e. The Morgan fingerprint density at radius 2 is 2.38 bits per heavy atom. The Morgan fingerprint density at radius 3 is 3.00 bits per heavy atom. The van der Waals surface area contributed by atoms with Crippen LogP contribution >= 0.6 is 0 Å². The number of nitrogens with zero attached hydrogens (tertiary/aromatic N) is 2. The Labute approximate surface area is 79.1 Å². The van der Waals surface area contributed by atoms with Crippen molar-refractivity contribution >= 4 is 0 Å². The summed E-state index contributed by atoms with van der Waals surface area (Å²) in [5, 5.41) is 7.68. The molecule has 0 amide bonds. The van der Waals surface area contributed by atoms with Gasteiger partial charge in [0.2, 0.25) is 0 Å². The van der Waals surface area contributed by atoms with Crippen molar-refractivity contribution < 1.29 is 0 Å². The standard InChI is InChI=1S/C10H17N3/c1-9-7-10(8-9)11-4-6-13-5-2-3-12-13/h2-3,5,9-11H,4,6-8H2,1H3. The molecule has 0 saturated heterocycles. The molecule has 1 fully saturated rings. The van der Waals surface area contributed by atoms with Gasteiger partial charge in [0.05, 0.1) is 6.54 Å². The van der Waals surface area contributed by atoms with Gasteiger partial charge in [-0.25, -0.2) is 0 Å². The lowest BCUT2D eigenvalue weighted by Gasteiger charge is -2.33. The number of aromatic nitrogens is 2. The highest BCUT2D eigenvalue weighted by Gasteiger charge is 2.23. The Balaban J connectivity index is 1.59. The molecule has 1 heterocycles. The molecule has 3 heteroatoms. The molecule has 1 aromatic rings. The molecule has 13 heavy (non-hydrogen) atoms. The first kappa shape index (κ1) is 8.75. The monoisotopic (exact) mass is 179 g/mol. The van der Waals surface area contributed by atoms with E-state index in [0.717, 1.165) is 25.0 Å². The number of nitrogens with one attached hydrogen (secondary N) is 1. The van der Waals surface area contributed by atoms with E-state index in [1.54, 1.807) is 0 Å². The number of hydrogen-bond donors (Lipinski definition) is 1. The maximum atomic E-state index is 4.15. The van der Waals surface area contributed by atoms with Crippen LogP contribution in [-0.4, -0.2) is 22.4 Å². The van der Waals surface area contributed by atoms with Crippen LogP contribution in [0.4, 0.5) is 0 Å². The molecule has 1 aliphatic rings.